The van der Waals surface area contributed by atoms with Crippen LogP contribution < -0.4 is 0 Å². The van der Waals surface area contributed by atoms with Crippen LogP contribution in [0.3, 0.4) is 0 Å². The van der Waals surface area contributed by atoms with Crippen molar-refractivity contribution in [3.05, 3.63) is 0 Å². The molecule has 0 aromatic rings. The van der Waals surface area contributed by atoms with Crippen LogP contribution in [-0.4, -0.2) is 36.1 Å². The number of aliphatic hydroxyl groups excluding tert-OH is 2. The fraction of sp³-hybridized carbons (Fsp3) is 1.00. The quantitative estimate of drug-likeness (QED) is 0.648. The van der Waals surface area contributed by atoms with E-state index in [9.17, 15) is 0 Å². The molecule has 3 nitrogen and oxygen atoms in total. The van der Waals surface area contributed by atoms with Crippen molar-refractivity contribution in [1.82, 2.24) is 0 Å². The minimum atomic E-state index is -0.560. The molecule has 3 heteroatoms. The zero-order valence-electron chi connectivity index (χ0n) is 9.29. The van der Waals surface area contributed by atoms with Gasteiger partial charge in [0.1, 0.15) is 0 Å². The van der Waals surface area contributed by atoms with Crippen LogP contribution in [0.4, 0.5) is 0 Å². The van der Waals surface area contributed by atoms with Crippen LogP contribution in [0.25, 0.3) is 0 Å². The normalized spacial score (nSPS) is 12.2. The lowest BCUT2D eigenvalue weighted by molar-refractivity contribution is 0.110. The van der Waals surface area contributed by atoms with Crippen molar-refractivity contribution in [2.45, 2.75) is 40.2 Å². The highest BCUT2D eigenvalue weighted by Gasteiger charge is 1.90. The molecule has 0 aromatic carbocycles. The fourth-order valence-corrected chi connectivity index (χ4v) is 0.463. The Morgan fingerprint density at radius 1 is 1.23 bits per heavy atom. The van der Waals surface area contributed by atoms with Gasteiger partial charge in [-0.2, -0.15) is 0 Å². The van der Waals surface area contributed by atoms with Crippen LogP contribution in [-0.2, 0) is 4.74 Å². The molecule has 0 aliphatic heterocycles. The first kappa shape index (κ1) is 15.4. The number of ether oxygens (including phenoxy) is 1. The molecule has 1 unspecified atom stereocenters. The molecule has 0 aliphatic rings. The van der Waals surface area contributed by atoms with Gasteiger partial charge in [0, 0.05) is 13.2 Å². The van der Waals surface area contributed by atoms with E-state index in [0.717, 1.165) is 19.6 Å². The minimum Gasteiger partial charge on any atom is -0.394 e. The van der Waals surface area contributed by atoms with Gasteiger partial charge < -0.3 is 14.9 Å². The molecule has 0 saturated carbocycles. The molecule has 0 spiro atoms. The first-order valence-electron chi connectivity index (χ1n) is 4.91. The summed E-state index contributed by atoms with van der Waals surface area (Å²) in [5, 5.41) is 16.0. The van der Waals surface area contributed by atoms with E-state index in [1.54, 1.807) is 0 Å². The Hall–Kier alpha value is -0.120. The molecule has 1 atom stereocenters. The van der Waals surface area contributed by atoms with Crippen molar-refractivity contribution in [3.63, 3.8) is 0 Å². The Balaban J connectivity index is 0. The van der Waals surface area contributed by atoms with E-state index in [1.165, 1.54) is 6.92 Å². The lowest BCUT2D eigenvalue weighted by atomic mass is 10.2. The van der Waals surface area contributed by atoms with Crippen LogP contribution >= 0.6 is 0 Å². The standard InChI is InChI=1S/C7H16O.C3H8O2/c1-4-5-8-6-7(2)3;1-3(5)2-4/h7H,4-6H2,1-3H3;3-5H,2H2,1H3. The van der Waals surface area contributed by atoms with Crippen LogP contribution in [0.5, 0.6) is 0 Å². The largest absolute Gasteiger partial charge is 0.394 e. The van der Waals surface area contributed by atoms with Gasteiger partial charge in [0.15, 0.2) is 0 Å². The van der Waals surface area contributed by atoms with Gasteiger partial charge in [-0.15, -0.1) is 0 Å². The lowest BCUT2D eigenvalue weighted by Gasteiger charge is -2.03. The monoisotopic (exact) mass is 192 g/mol. The SMILES string of the molecule is CC(O)CO.CCCOCC(C)C. The van der Waals surface area contributed by atoms with Crippen LogP contribution in [0.15, 0.2) is 0 Å². The van der Waals surface area contributed by atoms with E-state index in [4.69, 9.17) is 14.9 Å². The average molecular weight is 192 g/mol. The van der Waals surface area contributed by atoms with Crippen molar-refractivity contribution in [2.75, 3.05) is 19.8 Å². The van der Waals surface area contributed by atoms with Gasteiger partial charge >= 0.3 is 0 Å². The molecule has 0 rings (SSSR count). The van der Waals surface area contributed by atoms with E-state index in [1.807, 2.05) is 0 Å². The third kappa shape index (κ3) is 24.5. The fourth-order valence-electron chi connectivity index (χ4n) is 0.463. The molecule has 0 heterocycles. The maximum atomic E-state index is 8.11. The Morgan fingerprint density at radius 2 is 1.69 bits per heavy atom. The van der Waals surface area contributed by atoms with Crippen molar-refractivity contribution < 1.29 is 14.9 Å². The summed E-state index contributed by atoms with van der Waals surface area (Å²) in [5.74, 6) is 0.682. The van der Waals surface area contributed by atoms with Gasteiger partial charge in [-0.25, -0.2) is 0 Å². The summed E-state index contributed by atoms with van der Waals surface area (Å²) in [6.45, 7) is 9.66. The molecule has 0 radical (unpaired) electrons. The van der Waals surface area contributed by atoms with Gasteiger partial charge in [-0.1, -0.05) is 20.8 Å². The number of aliphatic hydroxyl groups is 2. The van der Waals surface area contributed by atoms with Gasteiger partial charge in [0.25, 0.3) is 0 Å². The predicted octanol–water partition coefficient (Wildman–Crippen LogP) is 1.43. The second kappa shape index (κ2) is 11.9. The summed E-state index contributed by atoms with van der Waals surface area (Å²) in [7, 11) is 0. The second-order valence-electron chi connectivity index (χ2n) is 3.50. The molecular formula is C10H24O3. The molecule has 0 aromatic heterocycles. The molecule has 0 saturated heterocycles. The van der Waals surface area contributed by atoms with E-state index in [2.05, 4.69) is 20.8 Å². The highest BCUT2D eigenvalue weighted by molar-refractivity contribution is 4.38. The molecule has 2 N–H and O–H groups in total. The van der Waals surface area contributed by atoms with Crippen molar-refractivity contribution >= 4 is 0 Å². The Kier molecular flexibility index (Phi) is 14.0. The Bertz CT molecular complexity index is 82.2. The zero-order valence-corrected chi connectivity index (χ0v) is 9.29. The van der Waals surface area contributed by atoms with Crippen molar-refractivity contribution in [1.29, 1.82) is 0 Å². The summed E-state index contributed by atoms with van der Waals surface area (Å²) in [6.07, 6.45) is 0.571. The predicted molar refractivity (Wildman–Crippen MR) is 54.7 cm³/mol. The Morgan fingerprint density at radius 3 is 1.92 bits per heavy atom. The van der Waals surface area contributed by atoms with Gasteiger partial charge in [-0.3, -0.25) is 0 Å². The highest BCUT2D eigenvalue weighted by Crippen LogP contribution is 1.92. The first-order valence-corrected chi connectivity index (χ1v) is 4.91. The summed E-state index contributed by atoms with van der Waals surface area (Å²) < 4.78 is 5.24. The van der Waals surface area contributed by atoms with Crippen molar-refractivity contribution in [3.8, 4) is 0 Å². The topological polar surface area (TPSA) is 49.7 Å². The van der Waals surface area contributed by atoms with Gasteiger partial charge in [0.05, 0.1) is 12.7 Å². The summed E-state index contributed by atoms with van der Waals surface area (Å²) >= 11 is 0. The Labute approximate surface area is 81.7 Å². The van der Waals surface area contributed by atoms with Crippen molar-refractivity contribution in [2.24, 2.45) is 5.92 Å². The summed E-state index contributed by atoms with van der Waals surface area (Å²) in [6, 6.07) is 0. The number of rotatable bonds is 5. The van der Waals surface area contributed by atoms with Crippen LogP contribution in [0.1, 0.15) is 34.1 Å². The molecule has 0 amide bonds. The molecule has 0 fully saturated rings. The molecular weight excluding hydrogens is 168 g/mol. The number of hydrogen-bond acceptors (Lipinski definition) is 3. The lowest BCUT2D eigenvalue weighted by Crippen LogP contribution is -2.03. The smallest absolute Gasteiger partial charge is 0.0742 e. The first-order chi connectivity index (χ1) is 6.04. The third-order valence-corrected chi connectivity index (χ3v) is 1.06. The molecule has 0 bridgehead atoms. The second-order valence-corrected chi connectivity index (χ2v) is 3.50. The van der Waals surface area contributed by atoms with Crippen LogP contribution in [0.2, 0.25) is 0 Å². The molecule has 0 aliphatic carbocycles. The highest BCUT2D eigenvalue weighted by atomic mass is 16.5. The van der Waals surface area contributed by atoms with E-state index >= 15 is 0 Å². The summed E-state index contributed by atoms with van der Waals surface area (Å²) in [5.41, 5.74) is 0. The third-order valence-electron chi connectivity index (χ3n) is 1.06. The van der Waals surface area contributed by atoms with Crippen LogP contribution in [0, 0.1) is 5.92 Å². The van der Waals surface area contributed by atoms with E-state index in [-0.39, 0.29) is 6.61 Å². The number of hydrogen-bond donors (Lipinski definition) is 2. The van der Waals surface area contributed by atoms with Gasteiger partial charge in [-0.05, 0) is 19.3 Å². The average Bonchev–Trinajstić information content (AvgIpc) is 2.05. The molecule has 82 valence electrons. The molecule has 13 heavy (non-hydrogen) atoms. The summed E-state index contributed by atoms with van der Waals surface area (Å²) in [4.78, 5) is 0. The maximum Gasteiger partial charge on any atom is 0.0742 e. The minimum absolute atomic E-state index is 0.139. The van der Waals surface area contributed by atoms with Gasteiger partial charge in [0.2, 0.25) is 0 Å². The zero-order chi connectivity index (χ0) is 10.7. The maximum absolute atomic E-state index is 8.11. The van der Waals surface area contributed by atoms with E-state index < -0.39 is 6.10 Å². The van der Waals surface area contributed by atoms with E-state index in [0.29, 0.717) is 5.92 Å².